The van der Waals surface area contributed by atoms with E-state index < -0.39 is 0 Å². The Morgan fingerprint density at radius 2 is 2.33 bits per heavy atom. The van der Waals surface area contributed by atoms with Crippen molar-refractivity contribution in [3.63, 3.8) is 0 Å². The van der Waals surface area contributed by atoms with Crippen LogP contribution in [0.1, 0.15) is 10.4 Å². The van der Waals surface area contributed by atoms with E-state index in [1.54, 1.807) is 31.0 Å². The topological polar surface area (TPSA) is 38.3 Å². The number of thioether (sulfide) groups is 1. The molecule has 1 rings (SSSR count). The number of ether oxygens (including phenoxy) is 1. The van der Waals surface area contributed by atoms with Crippen LogP contribution in [0.2, 0.25) is 5.02 Å². The van der Waals surface area contributed by atoms with Crippen LogP contribution in [0.4, 0.5) is 0 Å². The summed E-state index contributed by atoms with van der Waals surface area (Å²) in [5.74, 6) is -0.183. The number of nitrogens with one attached hydrogen (secondary N) is 1. The predicted octanol–water partition coefficient (Wildman–Crippen LogP) is 3.20. The van der Waals surface area contributed by atoms with Gasteiger partial charge in [0, 0.05) is 17.3 Å². The number of alkyl halides is 1. The van der Waals surface area contributed by atoms with Crippen molar-refractivity contribution >= 4 is 45.2 Å². The van der Waals surface area contributed by atoms with Gasteiger partial charge in [0.05, 0.1) is 23.2 Å². The van der Waals surface area contributed by atoms with E-state index in [0.717, 1.165) is 4.90 Å². The van der Waals surface area contributed by atoms with Crippen molar-refractivity contribution in [1.82, 2.24) is 5.32 Å². The van der Waals surface area contributed by atoms with Crippen LogP contribution in [0, 0.1) is 0 Å². The van der Waals surface area contributed by atoms with Gasteiger partial charge in [-0.1, -0.05) is 27.5 Å². The minimum atomic E-state index is -0.183. The Hall–Kier alpha value is -0.230. The summed E-state index contributed by atoms with van der Waals surface area (Å²) < 4.78 is 5.02. The number of hydrogen-bond donors (Lipinski definition) is 1. The number of rotatable bonds is 6. The van der Waals surface area contributed by atoms with E-state index in [-0.39, 0.29) is 11.9 Å². The van der Waals surface area contributed by atoms with Gasteiger partial charge in [-0.25, -0.2) is 0 Å². The zero-order valence-corrected chi connectivity index (χ0v) is 13.4. The van der Waals surface area contributed by atoms with Gasteiger partial charge in [0.1, 0.15) is 0 Å². The molecular formula is C12H15BrClNO2S. The summed E-state index contributed by atoms with van der Waals surface area (Å²) in [6.07, 6.45) is 1.96. The molecule has 0 bridgehead atoms. The van der Waals surface area contributed by atoms with Crippen molar-refractivity contribution in [1.29, 1.82) is 0 Å². The van der Waals surface area contributed by atoms with Crippen LogP contribution >= 0.6 is 39.3 Å². The van der Waals surface area contributed by atoms with Crippen LogP contribution in [0.25, 0.3) is 0 Å². The summed E-state index contributed by atoms with van der Waals surface area (Å²) >= 11 is 10.9. The van der Waals surface area contributed by atoms with E-state index in [0.29, 0.717) is 22.5 Å². The monoisotopic (exact) mass is 351 g/mol. The molecule has 0 heterocycles. The van der Waals surface area contributed by atoms with E-state index in [9.17, 15) is 4.79 Å². The maximum absolute atomic E-state index is 12.1. The smallest absolute Gasteiger partial charge is 0.253 e. The predicted molar refractivity (Wildman–Crippen MR) is 80.2 cm³/mol. The van der Waals surface area contributed by atoms with Crippen molar-refractivity contribution in [2.24, 2.45) is 0 Å². The van der Waals surface area contributed by atoms with Crippen molar-refractivity contribution in [2.75, 3.05) is 25.3 Å². The first-order valence-corrected chi connectivity index (χ1v) is 8.04. The molecule has 3 nitrogen and oxygen atoms in total. The first kappa shape index (κ1) is 15.8. The van der Waals surface area contributed by atoms with Gasteiger partial charge >= 0.3 is 0 Å². The summed E-state index contributed by atoms with van der Waals surface area (Å²) in [4.78, 5) is 13.1. The normalized spacial score (nSPS) is 12.2. The molecule has 18 heavy (non-hydrogen) atoms. The summed E-state index contributed by atoms with van der Waals surface area (Å²) in [6, 6.07) is 5.35. The van der Waals surface area contributed by atoms with Gasteiger partial charge in [-0.05, 0) is 24.5 Å². The second-order valence-electron chi connectivity index (χ2n) is 3.63. The molecule has 100 valence electrons. The van der Waals surface area contributed by atoms with Crippen molar-refractivity contribution in [3.05, 3.63) is 28.8 Å². The van der Waals surface area contributed by atoms with E-state index in [2.05, 4.69) is 21.2 Å². The SMILES string of the molecule is COCC(CBr)NC(=O)c1cc(SC)ccc1Cl. The molecule has 0 radical (unpaired) electrons. The average molecular weight is 353 g/mol. The molecule has 1 unspecified atom stereocenters. The molecule has 0 aliphatic carbocycles. The third-order valence-electron chi connectivity index (χ3n) is 2.31. The Morgan fingerprint density at radius 1 is 1.61 bits per heavy atom. The van der Waals surface area contributed by atoms with Gasteiger partial charge in [-0.3, -0.25) is 4.79 Å². The van der Waals surface area contributed by atoms with Gasteiger partial charge in [-0.15, -0.1) is 11.8 Å². The van der Waals surface area contributed by atoms with E-state index in [4.69, 9.17) is 16.3 Å². The first-order valence-electron chi connectivity index (χ1n) is 5.31. The molecule has 1 amide bonds. The highest BCUT2D eigenvalue weighted by Crippen LogP contribution is 2.23. The Morgan fingerprint density at radius 3 is 2.89 bits per heavy atom. The molecule has 1 aromatic carbocycles. The summed E-state index contributed by atoms with van der Waals surface area (Å²) in [5, 5.41) is 3.96. The second-order valence-corrected chi connectivity index (χ2v) is 5.56. The fraction of sp³-hybridized carbons (Fsp3) is 0.417. The zero-order valence-electron chi connectivity index (χ0n) is 10.2. The quantitative estimate of drug-likeness (QED) is 0.631. The van der Waals surface area contributed by atoms with E-state index >= 15 is 0 Å². The number of hydrogen-bond acceptors (Lipinski definition) is 3. The largest absolute Gasteiger partial charge is 0.383 e. The molecule has 0 spiro atoms. The number of amides is 1. The van der Waals surface area contributed by atoms with Crippen LogP contribution < -0.4 is 5.32 Å². The van der Waals surface area contributed by atoms with Crippen molar-refractivity contribution < 1.29 is 9.53 Å². The zero-order chi connectivity index (χ0) is 13.5. The fourth-order valence-electron chi connectivity index (χ4n) is 1.39. The minimum absolute atomic E-state index is 0.0727. The number of carbonyl (C=O) groups excluding carboxylic acids is 1. The molecular weight excluding hydrogens is 338 g/mol. The van der Waals surface area contributed by atoms with Crippen LogP contribution in [-0.2, 0) is 4.74 Å². The lowest BCUT2D eigenvalue weighted by Gasteiger charge is -2.16. The van der Waals surface area contributed by atoms with Gasteiger partial charge in [-0.2, -0.15) is 0 Å². The number of methoxy groups -OCH3 is 1. The van der Waals surface area contributed by atoms with Gasteiger partial charge in [0.15, 0.2) is 0 Å². The number of halogens is 2. The lowest BCUT2D eigenvalue weighted by Crippen LogP contribution is -2.39. The number of carbonyl (C=O) groups is 1. The second kappa shape index (κ2) is 8.04. The molecule has 0 saturated carbocycles. The molecule has 1 aromatic rings. The molecule has 6 heteroatoms. The fourth-order valence-corrected chi connectivity index (χ4v) is 2.39. The molecule has 0 aliphatic rings. The summed E-state index contributed by atoms with van der Waals surface area (Å²) in [7, 11) is 1.60. The third kappa shape index (κ3) is 4.46. The Bertz CT molecular complexity index is 417. The Kier molecular flexibility index (Phi) is 7.07. The molecule has 0 aromatic heterocycles. The standard InChI is InChI=1S/C12H15BrClNO2S/c1-17-7-8(6-13)15-12(16)10-5-9(18-2)3-4-11(10)14/h3-5,8H,6-7H2,1-2H3,(H,15,16). The number of benzene rings is 1. The lowest BCUT2D eigenvalue weighted by atomic mass is 10.2. The highest BCUT2D eigenvalue weighted by molar-refractivity contribution is 9.09. The molecule has 0 aliphatic heterocycles. The first-order chi connectivity index (χ1) is 8.62. The average Bonchev–Trinajstić information content (AvgIpc) is 2.38. The Balaban J connectivity index is 2.82. The highest BCUT2D eigenvalue weighted by atomic mass is 79.9. The van der Waals surface area contributed by atoms with E-state index in [1.807, 2.05) is 12.3 Å². The summed E-state index contributed by atoms with van der Waals surface area (Å²) in [6.45, 7) is 0.455. The van der Waals surface area contributed by atoms with Crippen molar-refractivity contribution in [3.8, 4) is 0 Å². The third-order valence-corrected chi connectivity index (χ3v) is 4.14. The molecule has 0 fully saturated rings. The molecule has 0 saturated heterocycles. The maximum Gasteiger partial charge on any atom is 0.253 e. The molecule has 1 N–H and O–H groups in total. The molecule has 1 atom stereocenters. The lowest BCUT2D eigenvalue weighted by molar-refractivity contribution is 0.0908. The van der Waals surface area contributed by atoms with Crippen LogP contribution in [-0.4, -0.2) is 37.3 Å². The highest BCUT2D eigenvalue weighted by Gasteiger charge is 2.15. The summed E-state index contributed by atoms with van der Waals surface area (Å²) in [5.41, 5.74) is 0.491. The van der Waals surface area contributed by atoms with Gasteiger partial charge < -0.3 is 10.1 Å². The van der Waals surface area contributed by atoms with Crippen LogP contribution in [0.3, 0.4) is 0 Å². The van der Waals surface area contributed by atoms with Crippen LogP contribution in [0.15, 0.2) is 23.1 Å². The Labute approximate surface area is 125 Å². The van der Waals surface area contributed by atoms with Crippen LogP contribution in [0.5, 0.6) is 0 Å². The van der Waals surface area contributed by atoms with E-state index in [1.165, 1.54) is 0 Å². The minimum Gasteiger partial charge on any atom is -0.383 e. The van der Waals surface area contributed by atoms with Gasteiger partial charge in [0.2, 0.25) is 0 Å². The maximum atomic E-state index is 12.1. The van der Waals surface area contributed by atoms with Gasteiger partial charge in [0.25, 0.3) is 5.91 Å². The van der Waals surface area contributed by atoms with Crippen molar-refractivity contribution in [2.45, 2.75) is 10.9 Å².